The summed E-state index contributed by atoms with van der Waals surface area (Å²) in [6.07, 6.45) is 2.37. The first kappa shape index (κ1) is 9.49. The van der Waals surface area contributed by atoms with Gasteiger partial charge in [0.05, 0.1) is 0 Å². The summed E-state index contributed by atoms with van der Waals surface area (Å²) in [4.78, 5) is 24.2. The second-order valence-corrected chi connectivity index (χ2v) is 4.35. The number of rotatable bonds is 2. The van der Waals surface area contributed by atoms with E-state index in [-0.39, 0.29) is 11.8 Å². The van der Waals surface area contributed by atoms with E-state index >= 15 is 0 Å². The smallest absolute Gasteiger partial charge is 0.326 e. The molecule has 2 unspecified atom stereocenters. The summed E-state index contributed by atoms with van der Waals surface area (Å²) in [6.45, 7) is 2.66. The molecule has 4 nitrogen and oxygen atoms in total. The lowest BCUT2D eigenvalue weighted by atomic mass is 10.2. The van der Waals surface area contributed by atoms with Crippen LogP contribution in [0, 0.1) is 11.8 Å². The van der Waals surface area contributed by atoms with E-state index in [1.807, 2.05) is 6.92 Å². The van der Waals surface area contributed by atoms with Gasteiger partial charge >= 0.3 is 5.97 Å². The van der Waals surface area contributed by atoms with Gasteiger partial charge in [-0.3, -0.25) is 4.79 Å². The Balaban J connectivity index is 2.02. The quantitative estimate of drug-likeness (QED) is 0.709. The third-order valence-electron chi connectivity index (χ3n) is 3.25. The molecule has 0 aromatic rings. The van der Waals surface area contributed by atoms with Gasteiger partial charge in [-0.1, -0.05) is 6.92 Å². The summed E-state index contributed by atoms with van der Waals surface area (Å²) in [5.41, 5.74) is 0. The molecule has 78 valence electrons. The molecule has 1 saturated heterocycles. The third kappa shape index (κ3) is 1.49. The van der Waals surface area contributed by atoms with E-state index in [1.54, 1.807) is 4.90 Å². The van der Waals surface area contributed by atoms with E-state index in [4.69, 9.17) is 5.11 Å². The molecular formula is C10H15NO3. The van der Waals surface area contributed by atoms with Gasteiger partial charge in [-0.05, 0) is 25.2 Å². The first-order valence-electron chi connectivity index (χ1n) is 5.14. The summed E-state index contributed by atoms with van der Waals surface area (Å²) < 4.78 is 0. The number of carboxylic acids is 1. The van der Waals surface area contributed by atoms with E-state index in [0.29, 0.717) is 18.9 Å². The number of likely N-dealkylation sites (tertiary alicyclic amines) is 1. The van der Waals surface area contributed by atoms with Crippen LogP contribution in [-0.2, 0) is 9.59 Å². The van der Waals surface area contributed by atoms with Crippen LogP contribution < -0.4 is 0 Å². The molecule has 1 saturated carbocycles. The molecule has 2 rings (SSSR count). The lowest BCUT2D eigenvalue weighted by molar-refractivity contribution is -0.148. The van der Waals surface area contributed by atoms with Crippen molar-refractivity contribution < 1.29 is 14.7 Å². The topological polar surface area (TPSA) is 57.6 Å². The van der Waals surface area contributed by atoms with Crippen molar-refractivity contribution >= 4 is 11.9 Å². The second-order valence-electron chi connectivity index (χ2n) is 4.35. The first-order chi connectivity index (χ1) is 6.61. The molecule has 4 heteroatoms. The number of amides is 1. The summed E-state index contributed by atoms with van der Waals surface area (Å²) >= 11 is 0. The Morgan fingerprint density at radius 2 is 2.07 bits per heavy atom. The summed E-state index contributed by atoms with van der Waals surface area (Å²) in [5.74, 6) is -0.237. The molecule has 14 heavy (non-hydrogen) atoms. The van der Waals surface area contributed by atoms with Crippen LogP contribution >= 0.6 is 0 Å². The van der Waals surface area contributed by atoms with E-state index in [2.05, 4.69) is 0 Å². The molecule has 2 aliphatic rings. The highest BCUT2D eigenvalue weighted by Gasteiger charge is 2.45. The number of hydrogen-bond acceptors (Lipinski definition) is 2. The van der Waals surface area contributed by atoms with Gasteiger partial charge < -0.3 is 10.0 Å². The van der Waals surface area contributed by atoms with Crippen LogP contribution in [0.25, 0.3) is 0 Å². The highest BCUT2D eigenvalue weighted by Crippen LogP contribution is 2.40. The minimum atomic E-state index is -0.857. The highest BCUT2D eigenvalue weighted by molar-refractivity contribution is 5.87. The number of hydrogen-bond donors (Lipinski definition) is 1. The van der Waals surface area contributed by atoms with Gasteiger partial charge in [0, 0.05) is 12.5 Å². The Labute approximate surface area is 82.9 Å². The molecule has 1 N–H and O–H groups in total. The summed E-state index contributed by atoms with van der Waals surface area (Å²) in [6, 6.07) is -0.560. The summed E-state index contributed by atoms with van der Waals surface area (Å²) in [5, 5.41) is 8.91. The van der Waals surface area contributed by atoms with E-state index in [1.165, 1.54) is 0 Å². The summed E-state index contributed by atoms with van der Waals surface area (Å²) in [7, 11) is 0. The zero-order valence-corrected chi connectivity index (χ0v) is 8.27. The molecule has 1 heterocycles. The van der Waals surface area contributed by atoms with Crippen molar-refractivity contribution in [2.45, 2.75) is 32.2 Å². The van der Waals surface area contributed by atoms with Crippen molar-refractivity contribution in [1.82, 2.24) is 4.90 Å². The number of nitrogens with zero attached hydrogens (tertiary/aromatic N) is 1. The lowest BCUT2D eigenvalue weighted by Gasteiger charge is -2.21. The van der Waals surface area contributed by atoms with Crippen molar-refractivity contribution in [3.8, 4) is 0 Å². The fourth-order valence-corrected chi connectivity index (χ4v) is 2.17. The van der Waals surface area contributed by atoms with Gasteiger partial charge in [0.2, 0.25) is 5.91 Å². The average Bonchev–Trinajstić information content (AvgIpc) is 2.69. The maximum absolute atomic E-state index is 11.8. The zero-order chi connectivity index (χ0) is 10.3. The fourth-order valence-electron chi connectivity index (χ4n) is 2.17. The monoisotopic (exact) mass is 197 g/mol. The number of carboxylic acid groups (broad SMARTS) is 1. The standard InChI is InChI=1S/C10H15NO3/c1-6-5-7(6)9(12)11-4-2-3-8(11)10(13)14/h6-8H,2-5H2,1H3,(H,13,14)/t6?,7?,8-/m1/s1. The van der Waals surface area contributed by atoms with Crippen molar-refractivity contribution in [1.29, 1.82) is 0 Å². The predicted molar refractivity (Wildman–Crippen MR) is 49.6 cm³/mol. The molecule has 0 radical (unpaired) electrons. The van der Waals surface area contributed by atoms with Crippen LogP contribution in [-0.4, -0.2) is 34.5 Å². The van der Waals surface area contributed by atoms with Crippen LogP contribution in [0.1, 0.15) is 26.2 Å². The van der Waals surface area contributed by atoms with Crippen molar-refractivity contribution in [2.75, 3.05) is 6.54 Å². The largest absolute Gasteiger partial charge is 0.480 e. The number of carbonyl (C=O) groups is 2. The maximum atomic E-state index is 11.8. The molecule has 1 aliphatic carbocycles. The van der Waals surface area contributed by atoms with Gasteiger partial charge in [0.15, 0.2) is 0 Å². The minimum absolute atomic E-state index is 0.0578. The van der Waals surface area contributed by atoms with Crippen molar-refractivity contribution in [3.63, 3.8) is 0 Å². The number of aliphatic carboxylic acids is 1. The Kier molecular flexibility index (Phi) is 2.21. The SMILES string of the molecule is CC1CC1C(=O)N1CCC[C@@H]1C(=O)O. The van der Waals surface area contributed by atoms with Crippen LogP contribution in [0.5, 0.6) is 0 Å². The molecule has 3 atom stereocenters. The first-order valence-corrected chi connectivity index (χ1v) is 5.14. The van der Waals surface area contributed by atoms with Gasteiger partial charge in [-0.2, -0.15) is 0 Å². The van der Waals surface area contributed by atoms with E-state index in [0.717, 1.165) is 12.8 Å². The van der Waals surface area contributed by atoms with Crippen LogP contribution in [0.3, 0.4) is 0 Å². The molecule has 0 aromatic carbocycles. The van der Waals surface area contributed by atoms with Crippen LogP contribution in [0.15, 0.2) is 0 Å². The molecule has 1 aliphatic heterocycles. The third-order valence-corrected chi connectivity index (χ3v) is 3.25. The van der Waals surface area contributed by atoms with Gasteiger partial charge in [0.25, 0.3) is 0 Å². The fraction of sp³-hybridized carbons (Fsp3) is 0.800. The average molecular weight is 197 g/mol. The molecule has 0 aromatic heterocycles. The Bertz CT molecular complexity index is 277. The highest BCUT2D eigenvalue weighted by atomic mass is 16.4. The van der Waals surface area contributed by atoms with E-state index < -0.39 is 12.0 Å². The van der Waals surface area contributed by atoms with Gasteiger partial charge in [-0.15, -0.1) is 0 Å². The molecule has 0 spiro atoms. The normalized spacial score (nSPS) is 35.8. The van der Waals surface area contributed by atoms with Crippen molar-refractivity contribution in [2.24, 2.45) is 11.8 Å². The Morgan fingerprint density at radius 3 is 2.57 bits per heavy atom. The minimum Gasteiger partial charge on any atom is -0.480 e. The Hall–Kier alpha value is -1.06. The van der Waals surface area contributed by atoms with Gasteiger partial charge in [0.1, 0.15) is 6.04 Å². The molecule has 0 bridgehead atoms. The maximum Gasteiger partial charge on any atom is 0.326 e. The number of carbonyl (C=O) groups excluding carboxylic acids is 1. The van der Waals surface area contributed by atoms with Crippen LogP contribution in [0.4, 0.5) is 0 Å². The Morgan fingerprint density at radius 1 is 1.43 bits per heavy atom. The molecule has 2 fully saturated rings. The van der Waals surface area contributed by atoms with Crippen LogP contribution in [0.2, 0.25) is 0 Å². The molecule has 1 amide bonds. The van der Waals surface area contributed by atoms with Crippen molar-refractivity contribution in [3.05, 3.63) is 0 Å². The zero-order valence-electron chi connectivity index (χ0n) is 8.27. The van der Waals surface area contributed by atoms with E-state index in [9.17, 15) is 9.59 Å². The molecular weight excluding hydrogens is 182 g/mol. The van der Waals surface area contributed by atoms with Gasteiger partial charge in [-0.25, -0.2) is 4.79 Å². The second kappa shape index (κ2) is 3.26. The lowest BCUT2D eigenvalue weighted by Crippen LogP contribution is -2.41. The predicted octanol–water partition coefficient (Wildman–Crippen LogP) is 0.718.